The second-order valence-electron chi connectivity index (χ2n) is 7.24. The van der Waals surface area contributed by atoms with Crippen molar-refractivity contribution < 1.29 is 20.1 Å². The molecule has 148 valence electrons. The van der Waals surface area contributed by atoms with Crippen molar-refractivity contribution in [2.45, 2.75) is 43.4 Å². The SMILES string of the molecule is OCC1OC(n2c(NC3CC3)nc3cc4cc(Cl)c(Cl)cc4nc32)C(O)C1O. The number of rotatable bonds is 4. The third-order valence-electron chi connectivity index (χ3n) is 5.18. The number of aliphatic hydroxyl groups is 3. The molecule has 1 saturated heterocycles. The number of fused-ring (bicyclic) bond motifs is 2. The molecule has 3 heterocycles. The number of nitrogens with one attached hydrogen (secondary N) is 1. The van der Waals surface area contributed by atoms with E-state index in [1.165, 1.54) is 0 Å². The van der Waals surface area contributed by atoms with E-state index in [4.69, 9.17) is 27.9 Å². The summed E-state index contributed by atoms with van der Waals surface area (Å²) >= 11 is 12.3. The van der Waals surface area contributed by atoms with Gasteiger partial charge in [0.15, 0.2) is 11.9 Å². The molecule has 1 aliphatic carbocycles. The fraction of sp³-hybridized carbons (Fsp3) is 0.444. The number of pyridine rings is 1. The molecule has 28 heavy (non-hydrogen) atoms. The van der Waals surface area contributed by atoms with E-state index in [0.29, 0.717) is 38.7 Å². The van der Waals surface area contributed by atoms with Crippen LogP contribution in [0.2, 0.25) is 10.0 Å². The molecule has 1 saturated carbocycles. The number of halogens is 2. The van der Waals surface area contributed by atoms with Crippen LogP contribution in [0.25, 0.3) is 22.1 Å². The highest BCUT2D eigenvalue weighted by atomic mass is 35.5. The highest BCUT2D eigenvalue weighted by Gasteiger charge is 2.45. The van der Waals surface area contributed by atoms with E-state index in [1.54, 1.807) is 16.7 Å². The Kier molecular flexibility index (Phi) is 4.38. The Labute approximate surface area is 169 Å². The van der Waals surface area contributed by atoms with Crippen LogP contribution in [0.3, 0.4) is 0 Å². The van der Waals surface area contributed by atoms with Crippen molar-refractivity contribution in [3.8, 4) is 0 Å². The number of hydrogen-bond acceptors (Lipinski definition) is 7. The highest BCUT2D eigenvalue weighted by Crippen LogP contribution is 2.37. The molecule has 2 aromatic heterocycles. The van der Waals surface area contributed by atoms with E-state index in [9.17, 15) is 15.3 Å². The summed E-state index contributed by atoms with van der Waals surface area (Å²) in [5, 5.41) is 35.1. The van der Waals surface area contributed by atoms with Gasteiger partial charge in [0.2, 0.25) is 5.95 Å². The number of anilines is 1. The zero-order valence-corrected chi connectivity index (χ0v) is 16.1. The quantitative estimate of drug-likeness (QED) is 0.506. The molecule has 4 N–H and O–H groups in total. The van der Waals surface area contributed by atoms with Crippen molar-refractivity contribution in [3.05, 3.63) is 28.2 Å². The van der Waals surface area contributed by atoms with Gasteiger partial charge in [0.1, 0.15) is 23.8 Å². The Balaban J connectivity index is 1.70. The summed E-state index contributed by atoms with van der Waals surface area (Å²) < 4.78 is 7.37. The van der Waals surface area contributed by atoms with Crippen LogP contribution in [0.1, 0.15) is 19.1 Å². The first-order valence-electron chi connectivity index (χ1n) is 9.03. The van der Waals surface area contributed by atoms with E-state index in [2.05, 4.69) is 15.3 Å². The fourth-order valence-corrected chi connectivity index (χ4v) is 3.85. The number of nitrogens with zero attached hydrogens (tertiary/aromatic N) is 3. The minimum absolute atomic E-state index is 0.297. The summed E-state index contributed by atoms with van der Waals surface area (Å²) in [6.07, 6.45) is -2.22. The van der Waals surface area contributed by atoms with Crippen LogP contribution in [0.15, 0.2) is 18.2 Å². The number of benzene rings is 1. The molecule has 4 atom stereocenters. The lowest BCUT2D eigenvalue weighted by Crippen LogP contribution is -2.33. The zero-order valence-electron chi connectivity index (χ0n) is 14.6. The Bertz CT molecular complexity index is 1070. The van der Waals surface area contributed by atoms with E-state index < -0.39 is 31.1 Å². The first-order valence-corrected chi connectivity index (χ1v) is 9.78. The van der Waals surface area contributed by atoms with Crippen molar-refractivity contribution in [1.29, 1.82) is 0 Å². The average Bonchev–Trinajstić information content (AvgIpc) is 3.36. The molecule has 0 amide bonds. The second-order valence-corrected chi connectivity index (χ2v) is 8.06. The van der Waals surface area contributed by atoms with Crippen molar-refractivity contribution in [2.75, 3.05) is 11.9 Å². The van der Waals surface area contributed by atoms with Crippen molar-refractivity contribution in [1.82, 2.24) is 14.5 Å². The predicted molar refractivity (Wildman–Crippen MR) is 105 cm³/mol. The van der Waals surface area contributed by atoms with Gasteiger partial charge in [0.05, 0.1) is 22.2 Å². The van der Waals surface area contributed by atoms with Crippen LogP contribution >= 0.6 is 23.2 Å². The van der Waals surface area contributed by atoms with Gasteiger partial charge in [-0.2, -0.15) is 0 Å². The fourth-order valence-electron chi connectivity index (χ4n) is 3.52. The Hall–Kier alpha value is -1.68. The summed E-state index contributed by atoms with van der Waals surface area (Å²) in [5.41, 5.74) is 1.68. The Morgan fingerprint density at radius 3 is 2.50 bits per heavy atom. The summed E-state index contributed by atoms with van der Waals surface area (Å²) in [7, 11) is 0. The molecule has 5 rings (SSSR count). The smallest absolute Gasteiger partial charge is 0.207 e. The van der Waals surface area contributed by atoms with Crippen molar-refractivity contribution >= 4 is 51.2 Å². The second kappa shape index (κ2) is 6.69. The molecular weight excluding hydrogens is 407 g/mol. The van der Waals surface area contributed by atoms with Crippen LogP contribution in [-0.4, -0.2) is 60.8 Å². The zero-order chi connectivity index (χ0) is 19.6. The van der Waals surface area contributed by atoms with Crippen molar-refractivity contribution in [2.24, 2.45) is 0 Å². The van der Waals surface area contributed by atoms with E-state index in [1.807, 2.05) is 6.07 Å². The van der Waals surface area contributed by atoms with E-state index >= 15 is 0 Å². The molecule has 2 aliphatic rings. The van der Waals surface area contributed by atoms with Crippen LogP contribution in [0.4, 0.5) is 5.95 Å². The molecule has 8 nitrogen and oxygen atoms in total. The van der Waals surface area contributed by atoms with Gasteiger partial charge in [0.25, 0.3) is 0 Å². The third kappa shape index (κ3) is 2.92. The lowest BCUT2D eigenvalue weighted by molar-refractivity contribution is -0.0501. The Morgan fingerprint density at radius 2 is 1.82 bits per heavy atom. The Morgan fingerprint density at radius 1 is 1.07 bits per heavy atom. The van der Waals surface area contributed by atoms with Gasteiger partial charge < -0.3 is 25.4 Å². The van der Waals surface area contributed by atoms with Crippen LogP contribution < -0.4 is 5.32 Å². The van der Waals surface area contributed by atoms with Crippen LogP contribution in [0.5, 0.6) is 0 Å². The first-order chi connectivity index (χ1) is 13.5. The lowest BCUT2D eigenvalue weighted by atomic mass is 10.1. The van der Waals surface area contributed by atoms with Crippen molar-refractivity contribution in [3.63, 3.8) is 0 Å². The molecule has 10 heteroatoms. The minimum Gasteiger partial charge on any atom is -0.394 e. The number of hydrogen-bond donors (Lipinski definition) is 4. The predicted octanol–water partition coefficient (Wildman–Crippen LogP) is 2.08. The van der Waals surface area contributed by atoms with Gasteiger partial charge in [-0.05, 0) is 31.0 Å². The maximum atomic E-state index is 10.5. The molecule has 0 bridgehead atoms. The van der Waals surface area contributed by atoms with Crippen LogP contribution in [0, 0.1) is 0 Å². The normalized spacial score (nSPS) is 27.8. The lowest BCUT2D eigenvalue weighted by Gasteiger charge is -2.19. The molecule has 1 aromatic carbocycles. The highest BCUT2D eigenvalue weighted by molar-refractivity contribution is 6.42. The largest absolute Gasteiger partial charge is 0.394 e. The van der Waals surface area contributed by atoms with Gasteiger partial charge in [-0.25, -0.2) is 9.97 Å². The van der Waals surface area contributed by atoms with Gasteiger partial charge >= 0.3 is 0 Å². The van der Waals surface area contributed by atoms with Gasteiger partial charge in [0, 0.05) is 11.4 Å². The number of ether oxygens (including phenoxy) is 1. The summed E-state index contributed by atoms with van der Waals surface area (Å²) in [5.74, 6) is 0.493. The number of imidazole rings is 1. The topological polar surface area (TPSA) is 113 Å². The average molecular weight is 425 g/mol. The molecule has 4 unspecified atom stereocenters. The van der Waals surface area contributed by atoms with Crippen LogP contribution in [-0.2, 0) is 4.74 Å². The molecular formula is C18H18Cl2N4O4. The minimum atomic E-state index is -1.24. The van der Waals surface area contributed by atoms with E-state index in [-0.39, 0.29) is 0 Å². The van der Waals surface area contributed by atoms with E-state index in [0.717, 1.165) is 18.2 Å². The number of aromatic nitrogens is 3. The third-order valence-corrected chi connectivity index (χ3v) is 5.90. The standard InChI is InChI=1S/C18H18Cl2N4O4/c19-9-3-7-4-12-16(22-11(7)5-10(9)20)24(18(23-12)21-8-1-2-8)17-15(27)14(26)13(6-25)28-17/h3-5,8,13-15,17,25-27H,1-2,6H2,(H,21,23). The molecule has 1 aliphatic heterocycles. The van der Waals surface area contributed by atoms with Gasteiger partial charge in [-0.3, -0.25) is 4.57 Å². The maximum Gasteiger partial charge on any atom is 0.207 e. The van der Waals surface area contributed by atoms with Gasteiger partial charge in [-0.1, -0.05) is 23.2 Å². The monoisotopic (exact) mass is 424 g/mol. The van der Waals surface area contributed by atoms with Gasteiger partial charge in [-0.15, -0.1) is 0 Å². The molecule has 0 spiro atoms. The summed E-state index contributed by atoms with van der Waals surface area (Å²) in [4.78, 5) is 9.29. The maximum absolute atomic E-state index is 10.5. The molecule has 2 fully saturated rings. The summed E-state index contributed by atoms with van der Waals surface area (Å²) in [6.45, 7) is -0.406. The summed E-state index contributed by atoms with van der Waals surface area (Å²) in [6, 6.07) is 5.54. The molecule has 3 aromatic rings. The number of aliphatic hydroxyl groups excluding tert-OH is 3. The molecule has 0 radical (unpaired) electrons. The first kappa shape index (κ1) is 18.4.